The number of rotatable bonds is 6. The predicted molar refractivity (Wildman–Crippen MR) is 122 cm³/mol. The molecule has 1 N–H and O–H groups in total. The molecule has 1 aliphatic rings. The van der Waals surface area contributed by atoms with E-state index in [0.717, 1.165) is 17.2 Å². The normalized spacial score (nSPS) is 13.6. The van der Waals surface area contributed by atoms with Gasteiger partial charge in [-0.1, -0.05) is 0 Å². The highest BCUT2D eigenvalue weighted by Crippen LogP contribution is 2.24. The van der Waals surface area contributed by atoms with Crippen molar-refractivity contribution < 1.29 is 14.3 Å². The molecule has 3 heterocycles. The van der Waals surface area contributed by atoms with Gasteiger partial charge in [0, 0.05) is 50.1 Å². The van der Waals surface area contributed by atoms with Crippen LogP contribution in [-0.2, 0) is 0 Å². The van der Waals surface area contributed by atoms with Gasteiger partial charge in [-0.15, -0.1) is 0 Å². The number of hydrogen-bond donors (Lipinski definition) is 1. The quantitative estimate of drug-likeness (QED) is 0.633. The minimum absolute atomic E-state index is 0.0441. The van der Waals surface area contributed by atoms with Crippen molar-refractivity contribution in [3.8, 4) is 11.5 Å². The highest BCUT2D eigenvalue weighted by Gasteiger charge is 2.24. The lowest BCUT2D eigenvalue weighted by Crippen LogP contribution is -2.49. The van der Waals surface area contributed by atoms with E-state index in [4.69, 9.17) is 9.47 Å². The van der Waals surface area contributed by atoms with Crippen molar-refractivity contribution in [2.45, 2.75) is 6.92 Å². The first kappa shape index (κ1) is 21.4. The van der Waals surface area contributed by atoms with Gasteiger partial charge in [0.2, 0.25) is 0 Å². The van der Waals surface area contributed by atoms with Crippen LogP contribution >= 0.6 is 0 Å². The Morgan fingerprint density at radius 2 is 1.59 bits per heavy atom. The average Bonchev–Trinajstić information content (AvgIpc) is 2.83. The molecular formula is C23H26N6O3. The molecule has 1 amide bonds. The standard InChI is InChI=1S/C23H26N6O3/c1-16-4-5-24-20(10-16)27-21-14-22(26-15-25-21)28-6-8-29(9-7-28)23(30)17-11-18(31-2)13-19(12-17)32-3/h4-5,10-15H,6-9H2,1-3H3,(H,24,25,26,27). The second-order valence-electron chi connectivity index (χ2n) is 7.49. The first-order chi connectivity index (χ1) is 15.6. The monoisotopic (exact) mass is 434 g/mol. The summed E-state index contributed by atoms with van der Waals surface area (Å²) in [4.78, 5) is 30.0. The Kier molecular flexibility index (Phi) is 6.34. The molecule has 0 bridgehead atoms. The fraction of sp³-hybridized carbons (Fsp3) is 0.304. The Hall–Kier alpha value is -3.88. The molecule has 0 spiro atoms. The number of pyridine rings is 1. The smallest absolute Gasteiger partial charge is 0.254 e. The number of methoxy groups -OCH3 is 2. The van der Waals surface area contributed by atoms with Crippen LogP contribution in [0.15, 0.2) is 48.9 Å². The van der Waals surface area contributed by atoms with Crippen molar-refractivity contribution in [1.29, 1.82) is 0 Å². The molecule has 4 rings (SSSR count). The van der Waals surface area contributed by atoms with E-state index in [0.29, 0.717) is 49.1 Å². The minimum Gasteiger partial charge on any atom is -0.497 e. The molecule has 1 aliphatic heterocycles. The van der Waals surface area contributed by atoms with Gasteiger partial charge >= 0.3 is 0 Å². The summed E-state index contributed by atoms with van der Waals surface area (Å²) in [6.07, 6.45) is 3.29. The highest BCUT2D eigenvalue weighted by molar-refractivity contribution is 5.95. The SMILES string of the molecule is COc1cc(OC)cc(C(=O)N2CCN(c3cc(Nc4cc(C)ccn4)ncn3)CC2)c1. The zero-order valence-electron chi connectivity index (χ0n) is 18.4. The third-order valence-corrected chi connectivity index (χ3v) is 5.31. The zero-order valence-corrected chi connectivity index (χ0v) is 18.4. The molecule has 1 saturated heterocycles. The van der Waals surface area contributed by atoms with E-state index < -0.39 is 0 Å². The maximum absolute atomic E-state index is 13.0. The first-order valence-electron chi connectivity index (χ1n) is 10.3. The fourth-order valence-electron chi connectivity index (χ4n) is 3.58. The van der Waals surface area contributed by atoms with Gasteiger partial charge in [-0.3, -0.25) is 4.79 Å². The van der Waals surface area contributed by atoms with Gasteiger partial charge in [0.25, 0.3) is 5.91 Å². The lowest BCUT2D eigenvalue weighted by molar-refractivity contribution is 0.0745. The molecule has 1 aromatic carbocycles. The average molecular weight is 435 g/mol. The number of carbonyl (C=O) groups excluding carboxylic acids is 1. The van der Waals surface area contributed by atoms with Crippen molar-refractivity contribution in [1.82, 2.24) is 19.9 Å². The van der Waals surface area contributed by atoms with Gasteiger partial charge in [-0.2, -0.15) is 0 Å². The van der Waals surface area contributed by atoms with Gasteiger partial charge in [0.15, 0.2) is 0 Å². The molecule has 2 aromatic heterocycles. The number of aromatic nitrogens is 3. The van der Waals surface area contributed by atoms with Crippen LogP contribution in [0.1, 0.15) is 15.9 Å². The number of carbonyl (C=O) groups is 1. The minimum atomic E-state index is -0.0441. The van der Waals surface area contributed by atoms with Crippen molar-refractivity contribution in [2.24, 2.45) is 0 Å². The van der Waals surface area contributed by atoms with Crippen molar-refractivity contribution in [3.63, 3.8) is 0 Å². The number of aryl methyl sites for hydroxylation is 1. The Balaban J connectivity index is 1.41. The number of ether oxygens (including phenoxy) is 2. The number of nitrogens with one attached hydrogen (secondary N) is 1. The van der Waals surface area contributed by atoms with Crippen molar-refractivity contribution in [2.75, 3.05) is 50.6 Å². The van der Waals surface area contributed by atoms with Crippen LogP contribution in [0.25, 0.3) is 0 Å². The molecule has 0 aliphatic carbocycles. The summed E-state index contributed by atoms with van der Waals surface area (Å²) < 4.78 is 10.6. The lowest BCUT2D eigenvalue weighted by atomic mass is 10.1. The second kappa shape index (κ2) is 9.51. The third-order valence-electron chi connectivity index (χ3n) is 5.31. The Morgan fingerprint density at radius 1 is 0.906 bits per heavy atom. The number of piperazine rings is 1. The second-order valence-corrected chi connectivity index (χ2v) is 7.49. The number of nitrogens with zero attached hydrogens (tertiary/aromatic N) is 5. The molecule has 9 nitrogen and oxygen atoms in total. The molecular weight excluding hydrogens is 408 g/mol. The summed E-state index contributed by atoms with van der Waals surface area (Å²) in [5.74, 6) is 3.36. The molecule has 0 unspecified atom stereocenters. The summed E-state index contributed by atoms with van der Waals surface area (Å²) in [5, 5.41) is 3.22. The summed E-state index contributed by atoms with van der Waals surface area (Å²) in [5.41, 5.74) is 1.67. The van der Waals surface area contributed by atoms with Gasteiger partial charge in [0.05, 0.1) is 14.2 Å². The van der Waals surface area contributed by atoms with Crippen LogP contribution in [0.2, 0.25) is 0 Å². The van der Waals surface area contributed by atoms with Crippen LogP contribution in [-0.4, -0.2) is 66.2 Å². The summed E-state index contributed by atoms with van der Waals surface area (Å²) in [6.45, 7) is 4.54. The molecule has 0 saturated carbocycles. The molecule has 9 heteroatoms. The third kappa shape index (κ3) is 4.88. The van der Waals surface area contributed by atoms with Crippen LogP contribution in [0.3, 0.4) is 0 Å². The first-order valence-corrected chi connectivity index (χ1v) is 10.3. The zero-order chi connectivity index (χ0) is 22.5. The Morgan fingerprint density at radius 3 is 2.25 bits per heavy atom. The van der Waals surface area contributed by atoms with Crippen molar-refractivity contribution >= 4 is 23.4 Å². The van der Waals surface area contributed by atoms with Crippen LogP contribution in [0.5, 0.6) is 11.5 Å². The maximum Gasteiger partial charge on any atom is 0.254 e. The van der Waals surface area contributed by atoms with E-state index >= 15 is 0 Å². The van der Waals surface area contributed by atoms with Gasteiger partial charge in [0.1, 0.15) is 35.3 Å². The van der Waals surface area contributed by atoms with Crippen LogP contribution in [0.4, 0.5) is 17.5 Å². The van der Waals surface area contributed by atoms with E-state index in [-0.39, 0.29) is 5.91 Å². The number of amides is 1. The van der Waals surface area contributed by atoms with Crippen molar-refractivity contribution in [3.05, 3.63) is 60.0 Å². The van der Waals surface area contributed by atoms with E-state index in [9.17, 15) is 4.79 Å². The summed E-state index contributed by atoms with van der Waals surface area (Å²) in [7, 11) is 3.14. The predicted octanol–water partition coefficient (Wildman–Crippen LogP) is 2.90. The molecule has 3 aromatic rings. The van der Waals surface area contributed by atoms with Gasteiger partial charge in [-0.25, -0.2) is 15.0 Å². The van der Waals surface area contributed by atoms with Gasteiger partial charge in [-0.05, 0) is 36.8 Å². The van der Waals surface area contributed by atoms with Crippen LogP contribution in [0, 0.1) is 6.92 Å². The molecule has 32 heavy (non-hydrogen) atoms. The molecule has 0 radical (unpaired) electrons. The van der Waals surface area contributed by atoms with E-state index in [1.165, 1.54) is 6.33 Å². The Bertz CT molecular complexity index is 1080. The largest absolute Gasteiger partial charge is 0.497 e. The van der Waals surface area contributed by atoms with E-state index in [2.05, 4.69) is 25.2 Å². The molecule has 1 fully saturated rings. The topological polar surface area (TPSA) is 92.7 Å². The van der Waals surface area contributed by atoms with Crippen LogP contribution < -0.4 is 19.7 Å². The van der Waals surface area contributed by atoms with E-state index in [1.54, 1.807) is 38.6 Å². The lowest BCUT2D eigenvalue weighted by Gasteiger charge is -2.35. The Labute approximate surface area is 187 Å². The highest BCUT2D eigenvalue weighted by atomic mass is 16.5. The maximum atomic E-state index is 13.0. The van der Waals surface area contributed by atoms with E-state index in [1.807, 2.05) is 30.0 Å². The summed E-state index contributed by atoms with van der Waals surface area (Å²) >= 11 is 0. The fourth-order valence-corrected chi connectivity index (χ4v) is 3.58. The summed E-state index contributed by atoms with van der Waals surface area (Å²) in [6, 6.07) is 11.0. The number of anilines is 3. The number of hydrogen-bond acceptors (Lipinski definition) is 8. The van der Waals surface area contributed by atoms with Gasteiger partial charge < -0.3 is 24.6 Å². The number of benzene rings is 1. The molecule has 166 valence electrons. The molecule has 0 atom stereocenters.